The number of amides is 4. The molecule has 0 aromatic heterocycles. The molecular formula is C18H20F3N3O5. The van der Waals surface area contributed by atoms with Gasteiger partial charge in [-0.2, -0.15) is 13.2 Å². The van der Waals surface area contributed by atoms with Crippen molar-refractivity contribution < 1.29 is 37.1 Å². The van der Waals surface area contributed by atoms with E-state index in [0.29, 0.717) is 17.7 Å². The van der Waals surface area contributed by atoms with Crippen LogP contribution in [0, 0.1) is 0 Å². The van der Waals surface area contributed by atoms with Crippen LogP contribution in [0.4, 0.5) is 23.7 Å². The van der Waals surface area contributed by atoms with Gasteiger partial charge in [-0.1, -0.05) is 26.0 Å². The van der Waals surface area contributed by atoms with E-state index in [-0.39, 0.29) is 0 Å². The Balaban J connectivity index is 1.93. The standard InChI is InChI=1S/C18H20F3N3O5/c1-3-17(4-2)15(27)24(16(28)23-17)9-14(26)29-10-13(25)22-12-8-6-5-7-11(12)18(19,20)21/h5-8H,3-4,9-10H2,1-2H3,(H,22,25)(H,23,28). The molecule has 2 rings (SSSR count). The van der Waals surface area contributed by atoms with Gasteiger partial charge in [0, 0.05) is 0 Å². The zero-order valence-electron chi connectivity index (χ0n) is 15.8. The molecule has 1 fully saturated rings. The maximum atomic E-state index is 12.9. The number of rotatable bonds is 7. The second-order valence-electron chi connectivity index (χ2n) is 6.36. The summed E-state index contributed by atoms with van der Waals surface area (Å²) in [6.07, 6.45) is -4.00. The Hall–Kier alpha value is -3.11. The number of hydrogen-bond acceptors (Lipinski definition) is 5. The molecule has 11 heteroatoms. The summed E-state index contributed by atoms with van der Waals surface area (Å²) in [7, 11) is 0. The lowest BCUT2D eigenvalue weighted by atomic mass is 9.93. The summed E-state index contributed by atoms with van der Waals surface area (Å²) in [4.78, 5) is 48.8. The largest absolute Gasteiger partial charge is 0.454 e. The molecule has 0 atom stereocenters. The highest BCUT2D eigenvalue weighted by atomic mass is 19.4. The number of urea groups is 1. The Kier molecular flexibility index (Phi) is 6.50. The van der Waals surface area contributed by atoms with Crippen LogP contribution in [0.5, 0.6) is 0 Å². The van der Waals surface area contributed by atoms with E-state index in [1.54, 1.807) is 13.8 Å². The SMILES string of the molecule is CCC1(CC)NC(=O)N(CC(=O)OCC(=O)Nc2ccccc2C(F)(F)F)C1=O. The molecule has 0 radical (unpaired) electrons. The minimum Gasteiger partial charge on any atom is -0.454 e. The highest BCUT2D eigenvalue weighted by molar-refractivity contribution is 6.08. The van der Waals surface area contributed by atoms with Gasteiger partial charge in [-0.05, 0) is 25.0 Å². The van der Waals surface area contributed by atoms with Crippen LogP contribution in [0.25, 0.3) is 0 Å². The van der Waals surface area contributed by atoms with Crippen LogP contribution in [0.15, 0.2) is 24.3 Å². The van der Waals surface area contributed by atoms with Crippen LogP contribution >= 0.6 is 0 Å². The molecule has 8 nitrogen and oxygen atoms in total. The van der Waals surface area contributed by atoms with Crippen LogP contribution < -0.4 is 10.6 Å². The third-order valence-electron chi connectivity index (χ3n) is 4.61. The lowest BCUT2D eigenvalue weighted by molar-refractivity contribution is -0.150. The number of para-hydroxylation sites is 1. The fourth-order valence-corrected chi connectivity index (χ4v) is 2.90. The van der Waals surface area contributed by atoms with E-state index in [9.17, 15) is 32.3 Å². The second kappa shape index (κ2) is 8.50. The van der Waals surface area contributed by atoms with Crippen molar-refractivity contribution in [3.8, 4) is 0 Å². The molecule has 158 valence electrons. The first-order valence-corrected chi connectivity index (χ1v) is 8.80. The molecule has 29 heavy (non-hydrogen) atoms. The quantitative estimate of drug-likeness (QED) is 0.525. The topological polar surface area (TPSA) is 105 Å². The van der Waals surface area contributed by atoms with Gasteiger partial charge in [0.2, 0.25) is 0 Å². The number of esters is 1. The molecular weight excluding hydrogens is 395 g/mol. The molecule has 0 aliphatic carbocycles. The Labute approximate surface area is 164 Å². The van der Waals surface area contributed by atoms with Gasteiger partial charge in [-0.3, -0.25) is 19.3 Å². The number of ether oxygens (including phenoxy) is 1. The third kappa shape index (κ3) is 4.84. The van der Waals surface area contributed by atoms with Crippen molar-refractivity contribution in [2.75, 3.05) is 18.5 Å². The van der Waals surface area contributed by atoms with Crippen LogP contribution in [0.2, 0.25) is 0 Å². The summed E-state index contributed by atoms with van der Waals surface area (Å²) in [5, 5.41) is 4.55. The number of halogens is 3. The summed E-state index contributed by atoms with van der Waals surface area (Å²) in [5.41, 5.74) is -2.61. The molecule has 0 spiro atoms. The van der Waals surface area contributed by atoms with Crippen LogP contribution in [-0.4, -0.2) is 47.4 Å². The number of alkyl halides is 3. The number of carbonyl (C=O) groups is 4. The van der Waals surface area contributed by atoms with Crippen molar-refractivity contribution in [3.05, 3.63) is 29.8 Å². The van der Waals surface area contributed by atoms with E-state index < -0.39 is 59.9 Å². The van der Waals surface area contributed by atoms with Gasteiger partial charge in [0.25, 0.3) is 11.8 Å². The monoisotopic (exact) mass is 415 g/mol. The van der Waals surface area contributed by atoms with Gasteiger partial charge >= 0.3 is 18.2 Å². The number of hydrogen-bond donors (Lipinski definition) is 2. The van der Waals surface area contributed by atoms with E-state index in [0.717, 1.165) is 12.1 Å². The highest BCUT2D eigenvalue weighted by Gasteiger charge is 2.49. The van der Waals surface area contributed by atoms with E-state index in [1.165, 1.54) is 12.1 Å². The molecule has 1 aromatic rings. The van der Waals surface area contributed by atoms with Gasteiger partial charge in [0.1, 0.15) is 12.1 Å². The first-order chi connectivity index (χ1) is 13.5. The Morgan fingerprint density at radius 1 is 1.17 bits per heavy atom. The number of benzene rings is 1. The maximum absolute atomic E-state index is 12.9. The van der Waals surface area contributed by atoms with Crippen molar-refractivity contribution in [1.82, 2.24) is 10.2 Å². The van der Waals surface area contributed by atoms with Crippen molar-refractivity contribution >= 4 is 29.5 Å². The zero-order chi connectivity index (χ0) is 21.8. The molecule has 2 N–H and O–H groups in total. The van der Waals surface area contributed by atoms with E-state index in [1.807, 2.05) is 5.32 Å². The summed E-state index contributed by atoms with van der Waals surface area (Å²) < 4.78 is 43.5. The fraction of sp³-hybridized carbons (Fsp3) is 0.444. The van der Waals surface area contributed by atoms with Crippen LogP contribution in [0.1, 0.15) is 32.3 Å². The molecule has 1 heterocycles. The van der Waals surface area contributed by atoms with E-state index >= 15 is 0 Å². The van der Waals surface area contributed by atoms with Gasteiger partial charge < -0.3 is 15.4 Å². The Morgan fingerprint density at radius 2 is 1.79 bits per heavy atom. The predicted molar refractivity (Wildman–Crippen MR) is 94.6 cm³/mol. The summed E-state index contributed by atoms with van der Waals surface area (Å²) in [6.45, 7) is 1.85. The van der Waals surface area contributed by atoms with Crippen molar-refractivity contribution in [1.29, 1.82) is 0 Å². The third-order valence-corrected chi connectivity index (χ3v) is 4.61. The molecule has 1 aliphatic rings. The van der Waals surface area contributed by atoms with Gasteiger partial charge in [0.15, 0.2) is 6.61 Å². The number of carbonyl (C=O) groups excluding carboxylic acids is 4. The zero-order valence-corrected chi connectivity index (χ0v) is 15.8. The van der Waals surface area contributed by atoms with Crippen molar-refractivity contribution in [2.24, 2.45) is 0 Å². The normalized spacial score (nSPS) is 15.8. The number of imide groups is 1. The molecule has 1 saturated heterocycles. The summed E-state index contributed by atoms with van der Waals surface area (Å²) in [5.74, 6) is -2.62. The number of anilines is 1. The minimum absolute atomic E-state index is 0.334. The molecule has 4 amide bonds. The summed E-state index contributed by atoms with van der Waals surface area (Å²) >= 11 is 0. The lowest BCUT2D eigenvalue weighted by Gasteiger charge is -2.22. The second-order valence-corrected chi connectivity index (χ2v) is 6.36. The maximum Gasteiger partial charge on any atom is 0.418 e. The van der Waals surface area contributed by atoms with E-state index in [2.05, 4.69) is 10.1 Å². The predicted octanol–water partition coefficient (Wildman–Crippen LogP) is 2.30. The van der Waals surface area contributed by atoms with E-state index in [4.69, 9.17) is 0 Å². The van der Waals surface area contributed by atoms with Gasteiger partial charge in [-0.15, -0.1) is 0 Å². The molecule has 1 aliphatic heterocycles. The number of nitrogens with one attached hydrogen (secondary N) is 2. The highest BCUT2D eigenvalue weighted by Crippen LogP contribution is 2.34. The van der Waals surface area contributed by atoms with Gasteiger partial charge in [0.05, 0.1) is 11.3 Å². The molecule has 0 unspecified atom stereocenters. The first-order valence-electron chi connectivity index (χ1n) is 8.80. The fourth-order valence-electron chi connectivity index (χ4n) is 2.90. The minimum atomic E-state index is -4.67. The first kappa shape index (κ1) is 22.2. The molecule has 1 aromatic carbocycles. The van der Waals surface area contributed by atoms with Crippen LogP contribution in [-0.2, 0) is 25.3 Å². The summed E-state index contributed by atoms with van der Waals surface area (Å²) in [6, 6.07) is 3.59. The van der Waals surface area contributed by atoms with Gasteiger partial charge in [-0.25, -0.2) is 4.79 Å². The Morgan fingerprint density at radius 3 is 2.34 bits per heavy atom. The Bertz CT molecular complexity index is 821. The smallest absolute Gasteiger partial charge is 0.418 e. The average Bonchev–Trinajstić information content (AvgIpc) is 2.90. The molecule has 0 saturated carbocycles. The van der Waals surface area contributed by atoms with Crippen molar-refractivity contribution in [2.45, 2.75) is 38.4 Å². The average molecular weight is 415 g/mol. The van der Waals surface area contributed by atoms with Crippen molar-refractivity contribution in [3.63, 3.8) is 0 Å². The number of nitrogens with zero attached hydrogens (tertiary/aromatic N) is 1. The molecule has 0 bridgehead atoms. The van der Waals surface area contributed by atoms with Crippen LogP contribution in [0.3, 0.4) is 0 Å². The lowest BCUT2D eigenvalue weighted by Crippen LogP contribution is -2.46.